The molecule has 0 aliphatic heterocycles. The minimum absolute atomic E-state index is 0.0287. The molecule has 0 aliphatic rings. The Balaban J connectivity index is 5.21. The molecule has 3 atom stereocenters. The van der Waals surface area contributed by atoms with Gasteiger partial charge in [0.2, 0.25) is 5.91 Å². The summed E-state index contributed by atoms with van der Waals surface area (Å²) in [6.07, 6.45) is 73.4. The van der Waals surface area contributed by atoms with Gasteiger partial charge in [-0.25, -0.2) is 0 Å². The largest absolute Gasteiger partial charge is 0.756 e. The summed E-state index contributed by atoms with van der Waals surface area (Å²) in [6.45, 7) is 6.82. The fraction of sp³-hybridized carbons (Fsp3) is 0.824. The van der Waals surface area contributed by atoms with Crippen LogP contribution in [-0.4, -0.2) is 69.4 Å². The van der Waals surface area contributed by atoms with Crippen molar-refractivity contribution < 1.29 is 37.3 Å². The zero-order valence-electron chi connectivity index (χ0n) is 52.1. The molecule has 78 heavy (non-hydrogen) atoms. The van der Waals surface area contributed by atoms with Crippen LogP contribution in [0.1, 0.15) is 310 Å². The van der Waals surface area contributed by atoms with E-state index in [2.05, 4.69) is 74.7 Å². The van der Waals surface area contributed by atoms with Gasteiger partial charge in [-0.05, 0) is 76.7 Å². The second-order valence-corrected chi connectivity index (χ2v) is 25.0. The molecule has 0 aliphatic carbocycles. The lowest BCUT2D eigenvalue weighted by Crippen LogP contribution is -2.47. The standard InChI is InChI=1S/C68H127N2O7P/c1-7-10-13-16-19-22-25-28-30-32-34-35-37-39-41-43-46-49-52-55-58-61-68(72)77-66(59-56-53-50-47-44-27-24-21-18-15-12-9-3)65(64-76-78(73,74)75-63-62-70(4,5)6)69-67(71)60-57-54-51-48-45-42-40-38-36-33-31-29-26-23-20-17-14-11-8-2/h20,23,29,31,36,38,42,45,56,59,65-66H,7-19,21-22,24-28,30,32-35,37,39-41,43-44,46-55,57-58,60-64H2,1-6H3,(H-,69,71,73,74)/b23-20-,31-29-,38-36-,45-42-,59-56+. The highest BCUT2D eigenvalue weighted by Crippen LogP contribution is 2.38. The molecule has 1 amide bonds. The quantitative estimate of drug-likeness (QED) is 0.0212. The van der Waals surface area contributed by atoms with Crippen molar-refractivity contribution >= 4 is 19.7 Å². The molecule has 456 valence electrons. The van der Waals surface area contributed by atoms with Crippen molar-refractivity contribution in [2.45, 2.75) is 322 Å². The SMILES string of the molecule is CCCCC/C=C\C/C=C\C/C=C\C/C=C\CCCCCC(=O)NC(COP(=O)([O-])OCC[N+](C)(C)C)C(/C=C/CCCCCCCCCCCC)OC(=O)CCCCCCCCCCCCCCCCCCCCCCC. The Hall–Kier alpha value is -2.29. The maximum Gasteiger partial charge on any atom is 0.306 e. The fourth-order valence-corrected chi connectivity index (χ4v) is 10.3. The van der Waals surface area contributed by atoms with Crippen LogP contribution in [0, 0.1) is 0 Å². The number of allylic oxidation sites excluding steroid dienone is 9. The van der Waals surface area contributed by atoms with Crippen molar-refractivity contribution in [3.63, 3.8) is 0 Å². The first kappa shape index (κ1) is 75.7. The molecule has 0 radical (unpaired) electrons. The number of amides is 1. The lowest BCUT2D eigenvalue weighted by atomic mass is 10.0. The Kier molecular flexibility index (Phi) is 56.2. The summed E-state index contributed by atoms with van der Waals surface area (Å²) in [6, 6.07) is -0.905. The highest BCUT2D eigenvalue weighted by molar-refractivity contribution is 7.45. The van der Waals surface area contributed by atoms with Gasteiger partial charge in [0.05, 0.1) is 33.8 Å². The Bertz CT molecular complexity index is 1520. The first-order valence-corrected chi connectivity index (χ1v) is 34.6. The van der Waals surface area contributed by atoms with Gasteiger partial charge in [0.1, 0.15) is 19.3 Å². The number of ether oxygens (including phenoxy) is 1. The summed E-state index contributed by atoms with van der Waals surface area (Å²) < 4.78 is 30.4. The molecule has 3 unspecified atom stereocenters. The van der Waals surface area contributed by atoms with E-state index in [9.17, 15) is 19.0 Å². The van der Waals surface area contributed by atoms with Crippen molar-refractivity contribution in [1.82, 2.24) is 5.32 Å². The van der Waals surface area contributed by atoms with Gasteiger partial charge in [-0.15, -0.1) is 0 Å². The minimum atomic E-state index is -4.71. The number of nitrogens with one attached hydrogen (secondary N) is 1. The molecule has 1 N–H and O–H groups in total. The van der Waals surface area contributed by atoms with Crippen LogP contribution in [0.25, 0.3) is 0 Å². The van der Waals surface area contributed by atoms with Gasteiger partial charge < -0.3 is 28.5 Å². The van der Waals surface area contributed by atoms with Crippen LogP contribution in [0.2, 0.25) is 0 Å². The van der Waals surface area contributed by atoms with Crippen molar-refractivity contribution in [2.24, 2.45) is 0 Å². The summed E-state index contributed by atoms with van der Waals surface area (Å²) in [7, 11) is 1.17. The number of carbonyl (C=O) groups is 2. The average Bonchev–Trinajstić information content (AvgIpc) is 3.40. The number of unbranched alkanes of at least 4 members (excludes halogenated alkanes) is 36. The summed E-state index contributed by atoms with van der Waals surface area (Å²) in [5.74, 6) is -0.566. The lowest BCUT2D eigenvalue weighted by Gasteiger charge is -2.30. The molecule has 0 aromatic rings. The number of esters is 1. The molecule has 9 nitrogen and oxygen atoms in total. The third-order valence-corrected chi connectivity index (χ3v) is 15.7. The summed E-state index contributed by atoms with van der Waals surface area (Å²) in [5, 5.41) is 3.02. The van der Waals surface area contributed by atoms with E-state index in [4.69, 9.17) is 13.8 Å². The predicted molar refractivity (Wildman–Crippen MR) is 335 cm³/mol. The predicted octanol–water partition coefficient (Wildman–Crippen LogP) is 20.0. The van der Waals surface area contributed by atoms with E-state index in [1.165, 1.54) is 193 Å². The summed E-state index contributed by atoms with van der Waals surface area (Å²) in [4.78, 5) is 40.1. The number of phosphoric acid groups is 1. The third kappa shape index (κ3) is 58.4. The van der Waals surface area contributed by atoms with Crippen molar-refractivity contribution in [3.05, 3.63) is 60.8 Å². The first-order valence-electron chi connectivity index (χ1n) is 33.1. The Morgan fingerprint density at radius 3 is 1.21 bits per heavy atom. The van der Waals surface area contributed by atoms with Crippen molar-refractivity contribution in [2.75, 3.05) is 40.9 Å². The molecular formula is C68H127N2O7P. The normalized spacial score (nSPS) is 14.0. The van der Waals surface area contributed by atoms with E-state index in [0.29, 0.717) is 17.4 Å². The van der Waals surface area contributed by atoms with Crippen molar-refractivity contribution in [1.29, 1.82) is 0 Å². The molecule has 0 aromatic heterocycles. The van der Waals surface area contributed by atoms with Gasteiger partial charge in [0, 0.05) is 12.8 Å². The van der Waals surface area contributed by atoms with Crippen LogP contribution < -0.4 is 10.2 Å². The summed E-state index contributed by atoms with van der Waals surface area (Å²) >= 11 is 0. The van der Waals surface area contributed by atoms with Crippen LogP contribution in [0.15, 0.2) is 60.8 Å². The smallest absolute Gasteiger partial charge is 0.306 e. The number of carbonyl (C=O) groups excluding carboxylic acids is 2. The third-order valence-electron chi connectivity index (χ3n) is 14.7. The van der Waals surface area contributed by atoms with Crippen LogP contribution in [-0.2, 0) is 27.9 Å². The molecule has 0 saturated heterocycles. The number of hydrogen-bond acceptors (Lipinski definition) is 7. The first-order chi connectivity index (χ1) is 37.9. The average molecular weight is 1120 g/mol. The number of hydrogen-bond donors (Lipinski definition) is 1. The van der Waals surface area contributed by atoms with Gasteiger partial charge in [-0.1, -0.05) is 281 Å². The second-order valence-electron chi connectivity index (χ2n) is 23.6. The van der Waals surface area contributed by atoms with Gasteiger partial charge in [0.25, 0.3) is 7.82 Å². The Morgan fingerprint density at radius 2 is 0.782 bits per heavy atom. The zero-order chi connectivity index (χ0) is 57.2. The van der Waals surface area contributed by atoms with E-state index in [1.54, 1.807) is 0 Å². The van der Waals surface area contributed by atoms with E-state index in [-0.39, 0.29) is 31.3 Å². The Labute approximate surface area is 483 Å². The number of phosphoric ester groups is 1. The second kappa shape index (κ2) is 57.9. The lowest BCUT2D eigenvalue weighted by molar-refractivity contribution is -0.870. The van der Waals surface area contributed by atoms with Gasteiger partial charge in [-0.3, -0.25) is 14.2 Å². The van der Waals surface area contributed by atoms with E-state index < -0.39 is 26.6 Å². The number of quaternary nitrogens is 1. The summed E-state index contributed by atoms with van der Waals surface area (Å²) in [5.41, 5.74) is 0. The minimum Gasteiger partial charge on any atom is -0.756 e. The monoisotopic (exact) mass is 1110 g/mol. The zero-order valence-corrected chi connectivity index (χ0v) is 53.0. The molecule has 0 aromatic carbocycles. The number of likely N-dealkylation sites (N-methyl/N-ethyl adjacent to an activating group) is 1. The highest BCUT2D eigenvalue weighted by atomic mass is 31.2. The fourth-order valence-electron chi connectivity index (χ4n) is 9.57. The Morgan fingerprint density at radius 1 is 0.449 bits per heavy atom. The van der Waals surface area contributed by atoms with E-state index >= 15 is 0 Å². The van der Waals surface area contributed by atoms with Gasteiger partial charge in [-0.2, -0.15) is 0 Å². The van der Waals surface area contributed by atoms with E-state index in [0.717, 1.165) is 77.0 Å². The van der Waals surface area contributed by atoms with E-state index in [1.807, 2.05) is 33.3 Å². The van der Waals surface area contributed by atoms with Crippen LogP contribution in [0.4, 0.5) is 0 Å². The molecule has 10 heteroatoms. The number of rotatable bonds is 60. The molecule has 0 spiro atoms. The molecule has 0 fully saturated rings. The van der Waals surface area contributed by atoms with Crippen molar-refractivity contribution in [3.8, 4) is 0 Å². The van der Waals surface area contributed by atoms with Gasteiger partial charge >= 0.3 is 5.97 Å². The van der Waals surface area contributed by atoms with Crippen LogP contribution in [0.3, 0.4) is 0 Å². The van der Waals surface area contributed by atoms with Crippen LogP contribution >= 0.6 is 7.82 Å². The molecule has 0 heterocycles. The topological polar surface area (TPSA) is 114 Å². The maximum atomic E-state index is 13.5. The molecule has 0 rings (SSSR count). The van der Waals surface area contributed by atoms with Crippen LogP contribution in [0.5, 0.6) is 0 Å². The molecular weight excluding hydrogens is 988 g/mol. The number of nitrogens with zero attached hydrogens (tertiary/aromatic N) is 1. The maximum absolute atomic E-state index is 13.5. The van der Waals surface area contributed by atoms with Gasteiger partial charge in [0.15, 0.2) is 0 Å². The molecule has 0 saturated carbocycles. The highest BCUT2D eigenvalue weighted by Gasteiger charge is 2.27. The molecule has 0 bridgehead atoms.